The van der Waals surface area contributed by atoms with Crippen LogP contribution >= 0.6 is 11.3 Å². The van der Waals surface area contributed by atoms with Gasteiger partial charge in [-0.15, -0.1) is 11.3 Å². The summed E-state index contributed by atoms with van der Waals surface area (Å²) in [6.07, 6.45) is 0.0203. The van der Waals surface area contributed by atoms with Gasteiger partial charge >= 0.3 is 5.97 Å². The number of carbonyl (C=O) groups is 2. The Bertz CT molecular complexity index is 606. The Hall–Kier alpha value is -1.45. The fourth-order valence-electron chi connectivity index (χ4n) is 1.50. The zero-order chi connectivity index (χ0) is 15.3. The van der Waals surface area contributed by atoms with Crippen molar-refractivity contribution in [3.8, 4) is 0 Å². The fourth-order valence-corrected chi connectivity index (χ4v) is 4.23. The van der Waals surface area contributed by atoms with Gasteiger partial charge in [0.1, 0.15) is 9.77 Å². The van der Waals surface area contributed by atoms with Crippen molar-refractivity contribution in [3.63, 3.8) is 0 Å². The molecule has 20 heavy (non-hydrogen) atoms. The third-order valence-electron chi connectivity index (χ3n) is 2.48. The molecule has 1 amide bonds. The van der Waals surface area contributed by atoms with E-state index in [0.29, 0.717) is 5.56 Å². The Morgan fingerprint density at radius 1 is 1.40 bits per heavy atom. The predicted octanol–water partition coefficient (Wildman–Crippen LogP) is 0.258. The van der Waals surface area contributed by atoms with E-state index in [9.17, 15) is 18.0 Å². The number of ether oxygens (including phenoxy) is 1. The van der Waals surface area contributed by atoms with Gasteiger partial charge in [-0.1, -0.05) is 0 Å². The van der Waals surface area contributed by atoms with Gasteiger partial charge in [0.05, 0.1) is 7.11 Å². The van der Waals surface area contributed by atoms with E-state index in [2.05, 4.69) is 14.8 Å². The Kier molecular flexibility index (Phi) is 5.66. The van der Waals surface area contributed by atoms with E-state index in [0.717, 1.165) is 11.3 Å². The average molecular weight is 320 g/mol. The summed E-state index contributed by atoms with van der Waals surface area (Å²) in [6, 6.07) is 0. The first kappa shape index (κ1) is 16.6. The molecule has 0 atom stereocenters. The lowest BCUT2D eigenvalue weighted by molar-refractivity contribution is -0.120. The van der Waals surface area contributed by atoms with E-state index in [-0.39, 0.29) is 28.6 Å². The van der Waals surface area contributed by atoms with Crippen LogP contribution in [0.1, 0.15) is 21.7 Å². The number of aryl methyl sites for hydroxylation is 1. The smallest absolute Gasteiger partial charge is 0.349 e. The summed E-state index contributed by atoms with van der Waals surface area (Å²) >= 11 is 1.01. The number of amides is 1. The molecule has 0 aromatic carbocycles. The summed E-state index contributed by atoms with van der Waals surface area (Å²) in [5, 5.41) is 3.96. The number of methoxy groups -OCH3 is 1. The minimum Gasteiger partial charge on any atom is -0.465 e. The van der Waals surface area contributed by atoms with Crippen LogP contribution in [0.15, 0.2) is 10.3 Å². The molecule has 7 nitrogen and oxygen atoms in total. The van der Waals surface area contributed by atoms with Crippen LogP contribution in [0.5, 0.6) is 0 Å². The van der Waals surface area contributed by atoms with Gasteiger partial charge in [0.2, 0.25) is 15.9 Å². The molecule has 9 heteroatoms. The van der Waals surface area contributed by atoms with Crippen molar-refractivity contribution in [3.05, 3.63) is 15.8 Å². The first-order valence-corrected chi connectivity index (χ1v) is 8.06. The molecule has 0 bridgehead atoms. The first-order chi connectivity index (χ1) is 9.33. The SMILES string of the molecule is CNC(=O)CCNS(=O)(=O)c1c(C)csc1C(=O)OC. The topological polar surface area (TPSA) is 102 Å². The van der Waals surface area contributed by atoms with Crippen molar-refractivity contribution in [1.82, 2.24) is 10.0 Å². The molecule has 1 aromatic heterocycles. The molecule has 112 valence electrons. The van der Waals surface area contributed by atoms with Crippen LogP contribution in [0, 0.1) is 6.92 Å². The third kappa shape index (κ3) is 3.78. The molecule has 0 aliphatic rings. The van der Waals surface area contributed by atoms with E-state index < -0.39 is 16.0 Å². The molecule has 0 radical (unpaired) electrons. The minimum atomic E-state index is -3.86. The molecular weight excluding hydrogens is 304 g/mol. The lowest BCUT2D eigenvalue weighted by Crippen LogP contribution is -2.30. The Labute approximate surface area is 121 Å². The molecule has 0 spiro atoms. The van der Waals surface area contributed by atoms with Crippen molar-refractivity contribution in [2.24, 2.45) is 0 Å². The van der Waals surface area contributed by atoms with E-state index in [1.54, 1.807) is 12.3 Å². The molecular formula is C11H16N2O5S2. The summed E-state index contributed by atoms with van der Waals surface area (Å²) in [5.41, 5.74) is 0.461. The third-order valence-corrected chi connectivity index (χ3v) is 5.34. The quantitative estimate of drug-likeness (QED) is 0.732. The van der Waals surface area contributed by atoms with Crippen LogP contribution in [0.25, 0.3) is 0 Å². The maximum Gasteiger partial charge on any atom is 0.349 e. The van der Waals surface area contributed by atoms with Crippen molar-refractivity contribution in [1.29, 1.82) is 0 Å². The number of nitrogens with one attached hydrogen (secondary N) is 2. The zero-order valence-electron chi connectivity index (χ0n) is 11.3. The van der Waals surface area contributed by atoms with Crippen LogP contribution in [-0.4, -0.2) is 41.0 Å². The number of thiophene rings is 1. The summed E-state index contributed by atoms with van der Waals surface area (Å²) in [4.78, 5) is 22.5. The normalized spacial score (nSPS) is 11.2. The number of hydrogen-bond donors (Lipinski definition) is 2. The van der Waals surface area contributed by atoms with Gasteiger partial charge in [-0.2, -0.15) is 0 Å². The summed E-state index contributed by atoms with van der Waals surface area (Å²) in [7, 11) is -1.20. The van der Waals surface area contributed by atoms with Gasteiger partial charge in [0, 0.05) is 20.0 Å². The van der Waals surface area contributed by atoms with Gasteiger partial charge in [-0.3, -0.25) is 4.79 Å². The van der Waals surface area contributed by atoms with Crippen molar-refractivity contribution >= 4 is 33.2 Å². The highest BCUT2D eigenvalue weighted by Gasteiger charge is 2.27. The number of hydrogen-bond acceptors (Lipinski definition) is 6. The molecule has 1 rings (SSSR count). The molecule has 0 aliphatic heterocycles. The molecule has 1 aromatic rings. The monoisotopic (exact) mass is 320 g/mol. The number of carbonyl (C=O) groups excluding carboxylic acids is 2. The molecule has 0 fully saturated rings. The second-order valence-electron chi connectivity index (χ2n) is 3.89. The number of rotatable bonds is 6. The lowest BCUT2D eigenvalue weighted by atomic mass is 10.3. The molecule has 0 saturated carbocycles. The van der Waals surface area contributed by atoms with Gasteiger partial charge < -0.3 is 10.1 Å². The van der Waals surface area contributed by atoms with Crippen LogP contribution in [-0.2, 0) is 19.6 Å². The first-order valence-electron chi connectivity index (χ1n) is 5.70. The van der Waals surface area contributed by atoms with E-state index in [1.807, 2.05) is 0 Å². The van der Waals surface area contributed by atoms with Crippen molar-refractivity contribution < 1.29 is 22.7 Å². The molecule has 2 N–H and O–H groups in total. The largest absolute Gasteiger partial charge is 0.465 e. The molecule has 0 saturated heterocycles. The second kappa shape index (κ2) is 6.82. The van der Waals surface area contributed by atoms with Gasteiger partial charge in [0.25, 0.3) is 0 Å². The van der Waals surface area contributed by atoms with Crippen LogP contribution in [0.3, 0.4) is 0 Å². The summed E-state index contributed by atoms with van der Waals surface area (Å²) in [6.45, 7) is 1.55. The summed E-state index contributed by atoms with van der Waals surface area (Å²) < 4.78 is 31.2. The molecule has 1 heterocycles. The predicted molar refractivity (Wildman–Crippen MR) is 74.3 cm³/mol. The van der Waals surface area contributed by atoms with Crippen LogP contribution in [0.4, 0.5) is 0 Å². The van der Waals surface area contributed by atoms with Gasteiger partial charge in [-0.05, 0) is 17.9 Å². The average Bonchev–Trinajstić information content (AvgIpc) is 2.80. The summed E-state index contributed by atoms with van der Waals surface area (Å²) in [5.74, 6) is -0.974. The van der Waals surface area contributed by atoms with Gasteiger partial charge in [0.15, 0.2) is 0 Å². The lowest BCUT2D eigenvalue weighted by Gasteiger charge is -2.08. The fraction of sp³-hybridized carbons (Fsp3) is 0.455. The van der Waals surface area contributed by atoms with Crippen LogP contribution < -0.4 is 10.0 Å². The van der Waals surface area contributed by atoms with Crippen molar-refractivity contribution in [2.45, 2.75) is 18.2 Å². The van der Waals surface area contributed by atoms with Crippen LogP contribution in [0.2, 0.25) is 0 Å². The highest BCUT2D eigenvalue weighted by Crippen LogP contribution is 2.27. The van der Waals surface area contributed by atoms with E-state index in [4.69, 9.17) is 0 Å². The zero-order valence-corrected chi connectivity index (χ0v) is 13.0. The highest BCUT2D eigenvalue weighted by molar-refractivity contribution is 7.89. The standard InChI is InChI=1S/C11H16N2O5S2/c1-7-6-19-9(11(15)18-3)10(7)20(16,17)13-5-4-8(14)12-2/h6,13H,4-5H2,1-3H3,(H,12,14). The molecule has 0 aliphatic carbocycles. The Balaban J connectivity index is 2.95. The maximum absolute atomic E-state index is 12.2. The molecule has 0 unspecified atom stereocenters. The van der Waals surface area contributed by atoms with Crippen molar-refractivity contribution in [2.75, 3.05) is 20.7 Å². The van der Waals surface area contributed by atoms with E-state index in [1.165, 1.54) is 14.2 Å². The van der Waals surface area contributed by atoms with Gasteiger partial charge in [-0.25, -0.2) is 17.9 Å². The number of sulfonamides is 1. The maximum atomic E-state index is 12.2. The second-order valence-corrected chi connectivity index (χ2v) is 6.47. The highest BCUT2D eigenvalue weighted by atomic mass is 32.2. The minimum absolute atomic E-state index is 0.0203. The number of esters is 1. The Morgan fingerprint density at radius 2 is 2.05 bits per heavy atom. The Morgan fingerprint density at radius 3 is 2.60 bits per heavy atom. The van der Waals surface area contributed by atoms with E-state index >= 15 is 0 Å².